The number of halogens is 2. The number of rotatable bonds is 2. The Balaban J connectivity index is 2.31. The fourth-order valence-corrected chi connectivity index (χ4v) is 1.90. The number of anilines is 2. The third-order valence-corrected chi connectivity index (χ3v) is 3.13. The minimum Gasteiger partial charge on any atom is -0.505 e. The third kappa shape index (κ3) is 2.85. The lowest BCUT2D eigenvalue weighted by atomic mass is 10.1. The van der Waals surface area contributed by atoms with Crippen LogP contribution in [-0.4, -0.2) is 11.0 Å². The Labute approximate surface area is 117 Å². The number of amides is 1. The predicted octanol–water partition coefficient (Wildman–Crippen LogP) is 3.13. The molecule has 2 rings (SSSR count). The Morgan fingerprint density at radius 3 is 2.79 bits per heavy atom. The van der Waals surface area contributed by atoms with Gasteiger partial charge in [0.05, 0.1) is 15.7 Å². The Hall–Kier alpha value is -2.08. The van der Waals surface area contributed by atoms with Gasteiger partial charge in [-0.05, 0) is 46.3 Å². The molecule has 0 atom stereocenters. The van der Waals surface area contributed by atoms with Gasteiger partial charge in [-0.2, -0.15) is 0 Å². The van der Waals surface area contributed by atoms with Gasteiger partial charge in [0.1, 0.15) is 5.82 Å². The van der Waals surface area contributed by atoms with Crippen molar-refractivity contribution in [3.63, 3.8) is 0 Å². The molecule has 4 nitrogen and oxygen atoms in total. The number of aromatic hydroxyl groups is 1. The number of benzene rings is 2. The molecule has 0 heterocycles. The molecule has 0 saturated heterocycles. The molecule has 0 bridgehead atoms. The van der Waals surface area contributed by atoms with Crippen molar-refractivity contribution >= 4 is 33.2 Å². The van der Waals surface area contributed by atoms with Crippen LogP contribution in [0.1, 0.15) is 10.4 Å². The van der Waals surface area contributed by atoms with Gasteiger partial charge in [0.2, 0.25) is 0 Å². The number of carbonyl (C=O) groups is 1. The average molecular weight is 325 g/mol. The molecule has 0 aliphatic carbocycles. The van der Waals surface area contributed by atoms with E-state index in [2.05, 4.69) is 21.2 Å². The standard InChI is InChI=1S/C13H10BrFN2O2/c14-9-2-1-3-11(12(9)18)17-13(19)8-6-7(15)4-5-10(8)16/h1-6,18H,16H2,(H,17,19). The maximum Gasteiger partial charge on any atom is 0.257 e. The SMILES string of the molecule is Nc1ccc(F)cc1C(=O)Nc1cccc(Br)c1O. The molecule has 19 heavy (non-hydrogen) atoms. The molecule has 98 valence electrons. The van der Waals surface area contributed by atoms with Crippen molar-refractivity contribution in [3.05, 3.63) is 52.3 Å². The van der Waals surface area contributed by atoms with Crippen LogP contribution in [0.25, 0.3) is 0 Å². The molecule has 0 saturated carbocycles. The molecule has 0 aliphatic rings. The van der Waals surface area contributed by atoms with E-state index >= 15 is 0 Å². The van der Waals surface area contributed by atoms with E-state index in [0.29, 0.717) is 4.47 Å². The second-order valence-corrected chi connectivity index (χ2v) is 4.68. The van der Waals surface area contributed by atoms with Gasteiger partial charge in [0, 0.05) is 5.69 Å². The highest BCUT2D eigenvalue weighted by atomic mass is 79.9. The van der Waals surface area contributed by atoms with Gasteiger partial charge in [0.15, 0.2) is 5.75 Å². The summed E-state index contributed by atoms with van der Waals surface area (Å²) in [6, 6.07) is 8.32. The van der Waals surface area contributed by atoms with Crippen LogP contribution in [-0.2, 0) is 0 Å². The Kier molecular flexibility index (Phi) is 3.71. The van der Waals surface area contributed by atoms with Gasteiger partial charge in [-0.25, -0.2) is 4.39 Å². The predicted molar refractivity (Wildman–Crippen MR) is 74.6 cm³/mol. The van der Waals surface area contributed by atoms with E-state index in [1.165, 1.54) is 18.2 Å². The zero-order valence-corrected chi connectivity index (χ0v) is 11.2. The summed E-state index contributed by atoms with van der Waals surface area (Å²) in [5, 5.41) is 12.2. The zero-order valence-electron chi connectivity index (χ0n) is 9.65. The number of phenols is 1. The molecule has 0 aliphatic heterocycles. The van der Waals surface area contributed by atoms with E-state index in [-0.39, 0.29) is 22.7 Å². The van der Waals surface area contributed by atoms with Crippen molar-refractivity contribution in [2.45, 2.75) is 0 Å². The molecule has 1 amide bonds. The van der Waals surface area contributed by atoms with E-state index < -0.39 is 11.7 Å². The summed E-state index contributed by atoms with van der Waals surface area (Å²) in [6.07, 6.45) is 0. The minimum atomic E-state index is -0.592. The number of hydrogen-bond donors (Lipinski definition) is 3. The molecule has 0 fully saturated rings. The van der Waals surface area contributed by atoms with Crippen LogP contribution in [0.2, 0.25) is 0 Å². The molecule has 0 radical (unpaired) electrons. The Bertz CT molecular complexity index is 647. The first-order chi connectivity index (χ1) is 8.99. The van der Waals surface area contributed by atoms with Gasteiger partial charge in [-0.15, -0.1) is 0 Å². The Morgan fingerprint density at radius 1 is 1.32 bits per heavy atom. The summed E-state index contributed by atoms with van der Waals surface area (Å²) >= 11 is 3.13. The summed E-state index contributed by atoms with van der Waals surface area (Å²) < 4.78 is 13.5. The molecule has 4 N–H and O–H groups in total. The van der Waals surface area contributed by atoms with Crippen molar-refractivity contribution in [1.82, 2.24) is 0 Å². The van der Waals surface area contributed by atoms with Crippen molar-refractivity contribution < 1.29 is 14.3 Å². The van der Waals surface area contributed by atoms with Crippen LogP contribution in [0.15, 0.2) is 40.9 Å². The maximum absolute atomic E-state index is 13.1. The summed E-state index contributed by atoms with van der Waals surface area (Å²) in [5.74, 6) is -1.26. The molecular weight excluding hydrogens is 315 g/mol. The highest BCUT2D eigenvalue weighted by molar-refractivity contribution is 9.10. The van der Waals surface area contributed by atoms with Crippen LogP contribution in [0.3, 0.4) is 0 Å². The van der Waals surface area contributed by atoms with Crippen LogP contribution < -0.4 is 11.1 Å². The van der Waals surface area contributed by atoms with E-state index in [1.54, 1.807) is 12.1 Å². The van der Waals surface area contributed by atoms with E-state index in [0.717, 1.165) is 6.07 Å². The monoisotopic (exact) mass is 324 g/mol. The largest absolute Gasteiger partial charge is 0.505 e. The number of para-hydroxylation sites is 1. The second-order valence-electron chi connectivity index (χ2n) is 3.82. The minimum absolute atomic E-state index is 0.0133. The van der Waals surface area contributed by atoms with Crippen LogP contribution >= 0.6 is 15.9 Å². The van der Waals surface area contributed by atoms with Crippen molar-refractivity contribution in [2.24, 2.45) is 0 Å². The van der Waals surface area contributed by atoms with Gasteiger partial charge in [0.25, 0.3) is 5.91 Å². The summed E-state index contributed by atoms with van der Waals surface area (Å²) in [7, 11) is 0. The van der Waals surface area contributed by atoms with Gasteiger partial charge in [-0.3, -0.25) is 4.79 Å². The zero-order chi connectivity index (χ0) is 14.0. The molecule has 0 aromatic heterocycles. The number of hydrogen-bond acceptors (Lipinski definition) is 3. The number of nitrogens with one attached hydrogen (secondary N) is 1. The smallest absolute Gasteiger partial charge is 0.257 e. The fraction of sp³-hybridized carbons (Fsp3) is 0. The molecule has 2 aromatic carbocycles. The van der Waals surface area contributed by atoms with Gasteiger partial charge in [-0.1, -0.05) is 6.07 Å². The third-order valence-electron chi connectivity index (χ3n) is 2.49. The molecule has 6 heteroatoms. The van der Waals surface area contributed by atoms with Gasteiger partial charge < -0.3 is 16.2 Å². The number of nitrogen functional groups attached to an aromatic ring is 1. The number of phenolic OH excluding ortho intramolecular Hbond substituents is 1. The van der Waals surface area contributed by atoms with Crippen molar-refractivity contribution in [3.8, 4) is 5.75 Å². The van der Waals surface area contributed by atoms with Gasteiger partial charge >= 0.3 is 0 Å². The topological polar surface area (TPSA) is 75.4 Å². The molecular formula is C13H10BrFN2O2. The first kappa shape index (κ1) is 13.4. The summed E-state index contributed by atoms with van der Waals surface area (Å²) in [4.78, 5) is 12.0. The average Bonchev–Trinajstić information content (AvgIpc) is 2.38. The highest BCUT2D eigenvalue weighted by Gasteiger charge is 2.13. The lowest BCUT2D eigenvalue weighted by Crippen LogP contribution is -2.14. The fourth-order valence-electron chi connectivity index (χ4n) is 1.53. The lowest BCUT2D eigenvalue weighted by Gasteiger charge is -2.09. The first-order valence-corrected chi connectivity index (χ1v) is 6.12. The number of carbonyl (C=O) groups excluding carboxylic acids is 1. The normalized spacial score (nSPS) is 10.2. The van der Waals surface area contributed by atoms with Crippen LogP contribution in [0.4, 0.5) is 15.8 Å². The Morgan fingerprint density at radius 2 is 2.05 bits per heavy atom. The number of nitrogens with two attached hydrogens (primary N) is 1. The summed E-state index contributed by atoms with van der Waals surface area (Å²) in [5.41, 5.74) is 6.00. The lowest BCUT2D eigenvalue weighted by molar-refractivity contribution is 0.102. The van der Waals surface area contributed by atoms with Crippen molar-refractivity contribution in [1.29, 1.82) is 0 Å². The van der Waals surface area contributed by atoms with E-state index in [1.807, 2.05) is 0 Å². The van der Waals surface area contributed by atoms with E-state index in [4.69, 9.17) is 5.73 Å². The second kappa shape index (κ2) is 5.27. The maximum atomic E-state index is 13.1. The van der Waals surface area contributed by atoms with Crippen LogP contribution in [0, 0.1) is 5.82 Å². The molecule has 0 spiro atoms. The summed E-state index contributed by atoms with van der Waals surface area (Å²) in [6.45, 7) is 0. The first-order valence-electron chi connectivity index (χ1n) is 5.33. The molecule has 0 unspecified atom stereocenters. The van der Waals surface area contributed by atoms with Crippen molar-refractivity contribution in [2.75, 3.05) is 11.1 Å². The van der Waals surface area contributed by atoms with E-state index in [9.17, 15) is 14.3 Å². The quantitative estimate of drug-likeness (QED) is 0.586. The molecule has 2 aromatic rings. The highest BCUT2D eigenvalue weighted by Crippen LogP contribution is 2.32. The van der Waals surface area contributed by atoms with Crippen LogP contribution in [0.5, 0.6) is 5.75 Å².